The van der Waals surface area contributed by atoms with Gasteiger partial charge >= 0.3 is 0 Å². The van der Waals surface area contributed by atoms with Crippen LogP contribution in [0.3, 0.4) is 0 Å². The number of hydrogen-bond acceptors (Lipinski definition) is 2. The molecule has 1 N–H and O–H groups in total. The molecule has 3 rings (SSSR count). The van der Waals surface area contributed by atoms with E-state index in [1.165, 1.54) is 0 Å². The first kappa shape index (κ1) is 17.5. The molecule has 0 atom stereocenters. The van der Waals surface area contributed by atoms with E-state index < -0.39 is 0 Å². The number of nitrogens with one attached hydrogen (secondary N) is 1. The maximum absolute atomic E-state index is 12.0. The summed E-state index contributed by atoms with van der Waals surface area (Å²) in [5, 5.41) is 3.52. The van der Waals surface area contributed by atoms with Crippen LogP contribution >= 0.6 is 11.6 Å². The van der Waals surface area contributed by atoms with E-state index in [2.05, 4.69) is 35.2 Å². The molecule has 0 aromatic heterocycles. The third-order valence-corrected chi connectivity index (χ3v) is 4.95. The Morgan fingerprint density at radius 1 is 1.20 bits per heavy atom. The standard InChI is InChI=1S/C20H18ClN2OSi/c1-25(2)11-5-6-14-9-10-18-16(12-14)20(22-13-19(24)23-18)15-7-3-4-8-17(15)21/h3-4,7-10,12H,11,13H2,1-2H3,(H,23,24). The number of anilines is 1. The highest BCUT2D eigenvalue weighted by atomic mass is 35.5. The SMILES string of the molecule is C[Si](C)CC#Cc1ccc2c(c1)C(c1ccccc1Cl)=NCC(=O)N2. The average molecular weight is 366 g/mol. The first-order valence-electron chi connectivity index (χ1n) is 8.06. The lowest BCUT2D eigenvalue weighted by Gasteiger charge is -2.11. The van der Waals surface area contributed by atoms with Gasteiger partial charge in [0.15, 0.2) is 0 Å². The van der Waals surface area contributed by atoms with Gasteiger partial charge in [0.05, 0.1) is 20.2 Å². The quantitative estimate of drug-likeness (QED) is 0.627. The van der Waals surface area contributed by atoms with E-state index in [-0.39, 0.29) is 21.2 Å². The Hall–Kier alpha value is -2.35. The van der Waals surface area contributed by atoms with E-state index in [9.17, 15) is 4.79 Å². The Morgan fingerprint density at radius 3 is 2.76 bits per heavy atom. The summed E-state index contributed by atoms with van der Waals surface area (Å²) < 4.78 is 0. The molecule has 0 fully saturated rings. The van der Waals surface area contributed by atoms with Crippen molar-refractivity contribution >= 4 is 37.7 Å². The lowest BCUT2D eigenvalue weighted by atomic mass is 9.98. The Kier molecular flexibility index (Phi) is 5.37. The van der Waals surface area contributed by atoms with Gasteiger partial charge in [0, 0.05) is 27.8 Å². The zero-order chi connectivity index (χ0) is 17.8. The number of amides is 1. The Bertz CT molecular complexity index is 909. The molecule has 1 radical (unpaired) electrons. The number of hydrogen-bond donors (Lipinski definition) is 1. The van der Waals surface area contributed by atoms with Gasteiger partial charge < -0.3 is 5.32 Å². The van der Waals surface area contributed by atoms with Crippen molar-refractivity contribution in [1.82, 2.24) is 0 Å². The van der Waals surface area contributed by atoms with Crippen LogP contribution in [0.2, 0.25) is 24.2 Å². The minimum Gasteiger partial charge on any atom is -0.324 e. The summed E-state index contributed by atoms with van der Waals surface area (Å²) in [7, 11) is -0.365. The zero-order valence-electron chi connectivity index (χ0n) is 14.2. The minimum atomic E-state index is -0.365. The highest BCUT2D eigenvalue weighted by Crippen LogP contribution is 2.27. The van der Waals surface area contributed by atoms with Crippen LogP contribution in [0.5, 0.6) is 0 Å². The topological polar surface area (TPSA) is 41.5 Å². The normalized spacial score (nSPS) is 13.3. The molecular formula is C20H18ClN2OSi. The van der Waals surface area contributed by atoms with Crippen LogP contribution in [0.1, 0.15) is 16.7 Å². The van der Waals surface area contributed by atoms with Gasteiger partial charge in [-0.25, -0.2) is 0 Å². The van der Waals surface area contributed by atoms with Crippen molar-refractivity contribution < 1.29 is 4.79 Å². The monoisotopic (exact) mass is 365 g/mol. The summed E-state index contributed by atoms with van der Waals surface area (Å²) in [6.45, 7) is 4.57. The van der Waals surface area contributed by atoms with Gasteiger partial charge in [0.2, 0.25) is 5.91 Å². The molecule has 0 saturated carbocycles. The Balaban J connectivity index is 2.08. The van der Waals surface area contributed by atoms with Crippen molar-refractivity contribution in [2.45, 2.75) is 19.1 Å². The van der Waals surface area contributed by atoms with Crippen LogP contribution in [0.25, 0.3) is 0 Å². The van der Waals surface area contributed by atoms with Crippen LogP contribution in [-0.4, -0.2) is 27.0 Å². The highest BCUT2D eigenvalue weighted by molar-refractivity contribution is 6.56. The molecule has 0 spiro atoms. The molecule has 0 aliphatic carbocycles. The lowest BCUT2D eigenvalue weighted by molar-refractivity contribution is -0.114. The summed E-state index contributed by atoms with van der Waals surface area (Å²) in [5.74, 6) is 6.33. The maximum Gasteiger partial charge on any atom is 0.246 e. The number of nitrogens with zero attached hydrogens (tertiary/aromatic N) is 1. The molecule has 1 amide bonds. The van der Waals surface area contributed by atoms with E-state index in [0.717, 1.165) is 34.1 Å². The summed E-state index contributed by atoms with van der Waals surface area (Å²) in [5.41, 5.74) is 4.04. The molecule has 3 nitrogen and oxygen atoms in total. The third kappa shape index (κ3) is 4.19. The molecule has 2 aromatic rings. The highest BCUT2D eigenvalue weighted by Gasteiger charge is 2.19. The second-order valence-electron chi connectivity index (χ2n) is 6.14. The van der Waals surface area contributed by atoms with Gasteiger partial charge in [-0.2, -0.15) is 0 Å². The van der Waals surface area contributed by atoms with E-state index >= 15 is 0 Å². The summed E-state index contributed by atoms with van der Waals surface area (Å²) in [6.07, 6.45) is 0. The molecule has 0 unspecified atom stereocenters. The van der Waals surface area contributed by atoms with Crippen molar-refractivity contribution in [2.75, 3.05) is 11.9 Å². The van der Waals surface area contributed by atoms with E-state index in [0.29, 0.717) is 5.02 Å². The molecule has 1 heterocycles. The smallest absolute Gasteiger partial charge is 0.246 e. The molecule has 5 heteroatoms. The fourth-order valence-electron chi connectivity index (χ4n) is 2.56. The number of benzodiazepines with no additional fused rings is 1. The predicted octanol–water partition coefficient (Wildman–Crippen LogP) is 4.24. The van der Waals surface area contributed by atoms with E-state index in [1.54, 1.807) is 0 Å². The van der Waals surface area contributed by atoms with Crippen molar-refractivity contribution in [1.29, 1.82) is 0 Å². The van der Waals surface area contributed by atoms with Crippen LogP contribution in [0, 0.1) is 11.8 Å². The van der Waals surface area contributed by atoms with Gasteiger partial charge in [-0.3, -0.25) is 9.79 Å². The summed E-state index contributed by atoms with van der Waals surface area (Å²) in [6, 6.07) is 14.3. The number of aliphatic imine (C=N–C) groups is 1. The largest absolute Gasteiger partial charge is 0.324 e. The van der Waals surface area contributed by atoms with Gasteiger partial charge in [0.1, 0.15) is 6.54 Å². The summed E-state index contributed by atoms with van der Waals surface area (Å²) in [4.78, 5) is 16.5. The second kappa shape index (κ2) is 7.69. The van der Waals surface area contributed by atoms with Crippen molar-refractivity contribution in [3.05, 3.63) is 64.2 Å². The molecule has 1 aliphatic heterocycles. The number of halogens is 1. The molecule has 25 heavy (non-hydrogen) atoms. The summed E-state index contributed by atoms with van der Waals surface area (Å²) >= 11 is 6.36. The van der Waals surface area contributed by atoms with Gasteiger partial charge in [-0.05, 0) is 24.3 Å². The van der Waals surface area contributed by atoms with Crippen LogP contribution in [-0.2, 0) is 4.79 Å². The average Bonchev–Trinajstić information content (AvgIpc) is 2.73. The predicted molar refractivity (Wildman–Crippen MR) is 106 cm³/mol. The maximum atomic E-state index is 12.0. The van der Waals surface area contributed by atoms with E-state index in [1.807, 2.05) is 42.5 Å². The number of benzene rings is 2. The Morgan fingerprint density at radius 2 is 2.00 bits per heavy atom. The third-order valence-electron chi connectivity index (χ3n) is 3.73. The fraction of sp³-hybridized carbons (Fsp3) is 0.200. The molecular weight excluding hydrogens is 348 g/mol. The van der Waals surface area contributed by atoms with Crippen LogP contribution in [0.15, 0.2) is 47.5 Å². The molecule has 1 aliphatic rings. The zero-order valence-corrected chi connectivity index (χ0v) is 15.9. The van der Waals surface area contributed by atoms with Gasteiger partial charge in [-0.15, -0.1) is 5.92 Å². The minimum absolute atomic E-state index is 0.0771. The van der Waals surface area contributed by atoms with Crippen molar-refractivity contribution in [3.63, 3.8) is 0 Å². The molecule has 125 valence electrons. The number of rotatable bonds is 2. The number of fused-ring (bicyclic) bond motifs is 1. The van der Waals surface area contributed by atoms with Crippen molar-refractivity contribution in [3.8, 4) is 11.8 Å². The number of carbonyl (C=O) groups excluding carboxylic acids is 1. The molecule has 0 saturated heterocycles. The lowest BCUT2D eigenvalue weighted by Crippen LogP contribution is -2.13. The van der Waals surface area contributed by atoms with Crippen molar-refractivity contribution in [2.24, 2.45) is 4.99 Å². The van der Waals surface area contributed by atoms with Crippen LogP contribution in [0.4, 0.5) is 5.69 Å². The van der Waals surface area contributed by atoms with Gasteiger partial charge in [-0.1, -0.05) is 48.8 Å². The van der Waals surface area contributed by atoms with Crippen LogP contribution < -0.4 is 5.32 Å². The second-order valence-corrected chi connectivity index (χ2v) is 9.31. The van der Waals surface area contributed by atoms with E-state index in [4.69, 9.17) is 11.6 Å². The number of carbonyl (C=O) groups is 1. The fourth-order valence-corrected chi connectivity index (χ4v) is 3.23. The first-order valence-corrected chi connectivity index (χ1v) is 11.1. The first-order chi connectivity index (χ1) is 12.0. The molecule has 0 bridgehead atoms. The van der Waals surface area contributed by atoms with Gasteiger partial charge in [0.25, 0.3) is 0 Å². The molecule has 2 aromatic carbocycles. The Labute approximate surface area is 154 Å².